The third-order valence-electron chi connectivity index (χ3n) is 6.63. The minimum atomic E-state index is -1.44. The highest BCUT2D eigenvalue weighted by molar-refractivity contribution is 6.34. The smallest absolute Gasteiger partial charge is 0.272 e. The van der Waals surface area contributed by atoms with E-state index in [1.165, 1.54) is 0 Å². The van der Waals surface area contributed by atoms with Gasteiger partial charge in [0, 0.05) is 24.0 Å². The van der Waals surface area contributed by atoms with Gasteiger partial charge in [-0.15, -0.1) is 0 Å². The lowest BCUT2D eigenvalue weighted by molar-refractivity contribution is -0.384. The first kappa shape index (κ1) is 20.7. The Kier molecular flexibility index (Phi) is 4.67. The third-order valence-corrected chi connectivity index (χ3v) is 6.93. The fourth-order valence-corrected chi connectivity index (χ4v) is 5.49. The molecule has 2 bridgehead atoms. The summed E-state index contributed by atoms with van der Waals surface area (Å²) >= 11 is 6.22. The molecule has 0 heterocycles. The Bertz CT molecular complexity index is 1390. The summed E-state index contributed by atoms with van der Waals surface area (Å²) in [7, 11) is 0. The fourth-order valence-electron chi connectivity index (χ4n) is 5.23. The molecule has 0 fully saturated rings. The zero-order valence-electron chi connectivity index (χ0n) is 17.1. The van der Waals surface area contributed by atoms with Crippen LogP contribution in [0.4, 0.5) is 11.4 Å². The van der Waals surface area contributed by atoms with Gasteiger partial charge in [-0.25, -0.2) is 0 Å². The summed E-state index contributed by atoms with van der Waals surface area (Å²) < 4.78 is 0. The molecule has 1 unspecified atom stereocenters. The number of nitrogens with one attached hydrogen (secondary N) is 1. The minimum Gasteiger partial charge on any atom is -0.322 e. The maximum atomic E-state index is 13.7. The lowest BCUT2D eigenvalue weighted by Crippen LogP contribution is -2.48. The number of nitro groups is 1. The molecule has 0 aliphatic heterocycles. The Morgan fingerprint density at radius 3 is 2.15 bits per heavy atom. The van der Waals surface area contributed by atoms with E-state index in [0.717, 1.165) is 34.4 Å². The van der Waals surface area contributed by atoms with Crippen LogP contribution in [-0.4, -0.2) is 10.8 Å². The van der Waals surface area contributed by atoms with Crippen LogP contribution < -0.4 is 5.32 Å². The zero-order chi connectivity index (χ0) is 23.3. The molecule has 3 aromatic carbocycles. The Balaban J connectivity index is 1.63. The van der Waals surface area contributed by atoms with Crippen LogP contribution in [0.25, 0.3) is 0 Å². The molecule has 0 spiro atoms. The molecule has 3 aliphatic rings. The Labute approximate surface area is 194 Å². The predicted molar refractivity (Wildman–Crippen MR) is 121 cm³/mol. The molecule has 1 N–H and O–H groups in total. The van der Waals surface area contributed by atoms with Gasteiger partial charge in [-0.2, -0.15) is 10.5 Å². The normalized spacial score (nSPS) is 21.8. The number of carbonyl (C=O) groups is 1. The Morgan fingerprint density at radius 2 is 1.64 bits per heavy atom. The predicted octanol–water partition coefficient (Wildman–Crippen LogP) is 5.25. The van der Waals surface area contributed by atoms with Gasteiger partial charge in [-0.3, -0.25) is 14.9 Å². The Morgan fingerprint density at radius 1 is 1.06 bits per heavy atom. The van der Waals surface area contributed by atoms with Crippen molar-refractivity contribution in [3.8, 4) is 12.1 Å². The van der Waals surface area contributed by atoms with Crippen molar-refractivity contribution in [1.29, 1.82) is 10.5 Å². The van der Waals surface area contributed by atoms with Gasteiger partial charge < -0.3 is 5.32 Å². The number of non-ortho nitro benzene ring substituents is 1. The number of fused-ring (bicyclic) bond motifs is 1. The first-order valence-electron chi connectivity index (χ1n) is 10.2. The van der Waals surface area contributed by atoms with Gasteiger partial charge in [0.15, 0.2) is 0 Å². The van der Waals surface area contributed by atoms with Crippen molar-refractivity contribution in [2.75, 3.05) is 5.32 Å². The molecule has 3 aromatic rings. The number of benzene rings is 3. The van der Waals surface area contributed by atoms with Crippen LogP contribution in [0.3, 0.4) is 0 Å². The summed E-state index contributed by atoms with van der Waals surface area (Å²) in [6.07, 6.45) is 0.278. The third kappa shape index (κ3) is 2.91. The highest BCUT2D eigenvalue weighted by atomic mass is 35.5. The second kappa shape index (κ2) is 7.44. The van der Waals surface area contributed by atoms with E-state index in [2.05, 4.69) is 11.4 Å². The monoisotopic (exact) mass is 454 g/mol. The average Bonchev–Trinajstić information content (AvgIpc) is 2.84. The minimum absolute atomic E-state index is 0.0348. The van der Waals surface area contributed by atoms with Gasteiger partial charge in [0.05, 0.1) is 27.3 Å². The maximum absolute atomic E-state index is 13.7. The van der Waals surface area contributed by atoms with E-state index in [0.29, 0.717) is 0 Å². The molecular weight excluding hydrogens is 440 g/mol. The molecule has 7 nitrogen and oxygen atoms in total. The second-order valence-electron chi connectivity index (χ2n) is 8.20. The molecule has 6 rings (SSSR count). The number of nitro benzene ring substituents is 1. The summed E-state index contributed by atoms with van der Waals surface area (Å²) in [4.78, 5) is 24.2. The highest BCUT2D eigenvalue weighted by Crippen LogP contribution is 2.61. The van der Waals surface area contributed by atoms with E-state index in [1.54, 1.807) is 0 Å². The lowest BCUT2D eigenvalue weighted by atomic mass is 9.52. The van der Waals surface area contributed by atoms with Crippen molar-refractivity contribution in [2.45, 2.75) is 18.3 Å². The molecule has 3 aliphatic carbocycles. The summed E-state index contributed by atoms with van der Waals surface area (Å²) in [5, 5.41) is 33.5. The van der Waals surface area contributed by atoms with E-state index in [1.807, 2.05) is 54.6 Å². The Hall–Kier alpha value is -4.20. The number of nitrogens with zero attached hydrogens (tertiary/aromatic N) is 3. The number of anilines is 1. The van der Waals surface area contributed by atoms with Crippen molar-refractivity contribution < 1.29 is 9.72 Å². The van der Waals surface area contributed by atoms with Crippen molar-refractivity contribution in [3.63, 3.8) is 0 Å². The zero-order valence-corrected chi connectivity index (χ0v) is 17.8. The first-order chi connectivity index (χ1) is 15.9. The van der Waals surface area contributed by atoms with E-state index in [-0.39, 0.29) is 34.3 Å². The molecule has 160 valence electrons. The standard InChI is InChI=1S/C25H15ClN4O3/c26-21-10-15(30(32)33)9-14(12-27)23(21)29-24(31)25(13-28)11-20-16-5-1-3-7-18(16)22(25)19-8-4-2-6-17(19)20/h1-10,20,22H,11H2,(H,29,31). The van der Waals surface area contributed by atoms with Crippen LogP contribution in [0.2, 0.25) is 5.02 Å². The van der Waals surface area contributed by atoms with Crippen LogP contribution in [0.5, 0.6) is 0 Å². The topological polar surface area (TPSA) is 120 Å². The summed E-state index contributed by atoms with van der Waals surface area (Å²) in [5.41, 5.74) is 2.09. The van der Waals surface area contributed by atoms with Gasteiger partial charge in [0.2, 0.25) is 5.91 Å². The van der Waals surface area contributed by atoms with Crippen LogP contribution in [0, 0.1) is 38.2 Å². The number of hydrogen-bond acceptors (Lipinski definition) is 5. The molecule has 33 heavy (non-hydrogen) atoms. The quantitative estimate of drug-likeness (QED) is 0.428. The molecule has 0 saturated heterocycles. The van der Waals surface area contributed by atoms with Crippen molar-refractivity contribution >= 4 is 28.9 Å². The molecule has 0 saturated carbocycles. The van der Waals surface area contributed by atoms with Crippen molar-refractivity contribution in [1.82, 2.24) is 0 Å². The van der Waals surface area contributed by atoms with Crippen LogP contribution >= 0.6 is 11.6 Å². The molecule has 1 amide bonds. The molecule has 0 radical (unpaired) electrons. The number of nitriles is 2. The van der Waals surface area contributed by atoms with Gasteiger partial charge in [-0.05, 0) is 28.7 Å². The molecule has 8 heteroatoms. The van der Waals surface area contributed by atoms with Gasteiger partial charge >= 0.3 is 0 Å². The maximum Gasteiger partial charge on any atom is 0.272 e. The van der Waals surface area contributed by atoms with Crippen molar-refractivity contribution in [3.05, 3.63) is 104 Å². The number of amides is 1. The molecule has 0 aromatic heterocycles. The van der Waals surface area contributed by atoms with Crippen molar-refractivity contribution in [2.24, 2.45) is 5.41 Å². The van der Waals surface area contributed by atoms with Crippen LogP contribution in [0.1, 0.15) is 46.1 Å². The summed E-state index contributed by atoms with van der Waals surface area (Å²) in [6, 6.07) is 21.9. The fraction of sp³-hybridized carbons (Fsp3) is 0.160. The van der Waals surface area contributed by atoms with E-state index >= 15 is 0 Å². The number of halogens is 1. The molecule has 1 atom stereocenters. The van der Waals surface area contributed by atoms with Gasteiger partial charge in [0.25, 0.3) is 5.69 Å². The highest BCUT2D eigenvalue weighted by Gasteiger charge is 2.57. The van der Waals surface area contributed by atoms with Gasteiger partial charge in [-0.1, -0.05) is 60.1 Å². The van der Waals surface area contributed by atoms with Gasteiger partial charge in [0.1, 0.15) is 11.5 Å². The van der Waals surface area contributed by atoms with E-state index in [4.69, 9.17) is 11.6 Å². The van der Waals surface area contributed by atoms with E-state index < -0.39 is 22.2 Å². The van der Waals surface area contributed by atoms with Crippen LogP contribution in [-0.2, 0) is 4.79 Å². The average molecular weight is 455 g/mol. The van der Waals surface area contributed by atoms with E-state index in [9.17, 15) is 25.4 Å². The second-order valence-corrected chi connectivity index (χ2v) is 8.61. The van der Waals surface area contributed by atoms with Crippen LogP contribution in [0.15, 0.2) is 60.7 Å². The largest absolute Gasteiger partial charge is 0.322 e. The molecular formula is C25H15ClN4O3. The lowest BCUT2D eigenvalue weighted by Gasteiger charge is -2.48. The number of carbonyl (C=O) groups excluding carboxylic acids is 1. The summed E-state index contributed by atoms with van der Waals surface area (Å²) in [6.45, 7) is 0. The summed E-state index contributed by atoms with van der Waals surface area (Å²) in [5.74, 6) is -1.21. The number of hydrogen-bond donors (Lipinski definition) is 1. The SMILES string of the molecule is N#Cc1cc([N+](=O)[O-])cc(Cl)c1NC(=O)C1(C#N)CC2c3ccccc3C1c1ccccc12. The first-order valence-corrected chi connectivity index (χ1v) is 10.6. The number of rotatable bonds is 3.